The first-order valence-electron chi connectivity index (χ1n) is 16.3. The molecule has 0 spiro atoms. The Labute approximate surface area is 266 Å². The largest absolute Gasteiger partial charge is 0.291 e. The highest BCUT2D eigenvalue weighted by atomic mass is 31.1. The molecule has 0 aliphatic carbocycles. The Bertz CT molecular complexity index is 1370. The Morgan fingerprint density at radius 2 is 0.659 bits per heavy atom. The van der Waals surface area contributed by atoms with Gasteiger partial charge in [0.2, 0.25) is 0 Å². The molecule has 3 heteroatoms. The third-order valence-electron chi connectivity index (χ3n) is 9.74. The Morgan fingerprint density at radius 1 is 0.386 bits per heavy atom. The molecule has 5 aromatic carbocycles. The zero-order chi connectivity index (χ0) is 29.6. The topological polar surface area (TPSA) is 3.24 Å². The van der Waals surface area contributed by atoms with Crippen LogP contribution in [-0.4, -0.2) is 17.5 Å². The summed E-state index contributed by atoms with van der Waals surface area (Å²) in [7, 11) is -0.562. The van der Waals surface area contributed by atoms with Crippen molar-refractivity contribution in [1.29, 1.82) is 0 Å². The van der Waals surface area contributed by atoms with E-state index in [0.29, 0.717) is 22.6 Å². The van der Waals surface area contributed by atoms with Crippen LogP contribution in [0.15, 0.2) is 152 Å². The van der Waals surface area contributed by atoms with E-state index >= 15 is 0 Å². The molecule has 44 heavy (non-hydrogen) atoms. The monoisotopic (exact) mass is 611 g/mol. The van der Waals surface area contributed by atoms with E-state index in [4.69, 9.17) is 0 Å². The van der Waals surface area contributed by atoms with E-state index in [0.717, 1.165) is 6.54 Å². The summed E-state index contributed by atoms with van der Waals surface area (Å²) in [5, 5.41) is 0. The molecule has 1 nitrogen and oxygen atoms in total. The van der Waals surface area contributed by atoms with Crippen molar-refractivity contribution in [3.05, 3.63) is 179 Å². The fraction of sp³-hybridized carbons (Fsp3) is 0.268. The summed E-state index contributed by atoms with van der Waals surface area (Å²) in [6, 6.07) is 57.1. The van der Waals surface area contributed by atoms with Crippen LogP contribution in [-0.2, 0) is 6.54 Å². The van der Waals surface area contributed by atoms with Crippen LogP contribution in [0.1, 0.15) is 76.1 Å². The molecule has 0 aromatic heterocycles. The Balaban J connectivity index is 1.25. The van der Waals surface area contributed by atoms with E-state index < -0.39 is 0 Å². The summed E-state index contributed by atoms with van der Waals surface area (Å²) in [4.78, 5) is 2.92. The van der Waals surface area contributed by atoms with Crippen LogP contribution in [0.5, 0.6) is 0 Å². The lowest BCUT2D eigenvalue weighted by atomic mass is 10.0. The van der Waals surface area contributed by atoms with Gasteiger partial charge in [-0.3, -0.25) is 4.90 Å². The molecule has 2 aliphatic rings. The second-order valence-electron chi connectivity index (χ2n) is 12.5. The second-order valence-corrected chi connectivity index (χ2v) is 17.6. The van der Waals surface area contributed by atoms with Gasteiger partial charge >= 0.3 is 0 Å². The van der Waals surface area contributed by atoms with Crippen LogP contribution in [0.4, 0.5) is 0 Å². The molecule has 0 bridgehead atoms. The lowest BCUT2D eigenvalue weighted by Crippen LogP contribution is -2.26. The highest BCUT2D eigenvalue weighted by Gasteiger charge is 2.41. The fourth-order valence-corrected chi connectivity index (χ4v) is 15.0. The first-order valence-corrected chi connectivity index (χ1v) is 19.6. The molecule has 0 radical (unpaired) electrons. The van der Waals surface area contributed by atoms with Gasteiger partial charge < -0.3 is 0 Å². The van der Waals surface area contributed by atoms with Crippen molar-refractivity contribution in [3.8, 4) is 0 Å². The molecular weight excluding hydrogens is 568 g/mol. The maximum Gasteiger partial charge on any atom is 0.0241 e. The van der Waals surface area contributed by atoms with Gasteiger partial charge in [-0.15, -0.1) is 0 Å². The summed E-state index contributed by atoms with van der Waals surface area (Å²) in [6.45, 7) is 1.03. The van der Waals surface area contributed by atoms with Crippen LogP contribution >= 0.6 is 15.8 Å². The molecule has 0 saturated carbocycles. The minimum atomic E-state index is -0.281. The van der Waals surface area contributed by atoms with E-state index in [9.17, 15) is 0 Å². The van der Waals surface area contributed by atoms with E-state index in [1.807, 2.05) is 0 Å². The molecule has 0 N–H and O–H groups in total. The van der Waals surface area contributed by atoms with E-state index in [-0.39, 0.29) is 15.8 Å². The van der Waals surface area contributed by atoms with Crippen LogP contribution in [0.3, 0.4) is 0 Å². The predicted octanol–water partition coefficient (Wildman–Crippen LogP) is 11.9. The van der Waals surface area contributed by atoms with Gasteiger partial charge in [-0.25, -0.2) is 0 Å². The van der Waals surface area contributed by atoms with Crippen molar-refractivity contribution in [2.24, 2.45) is 0 Å². The lowest BCUT2D eigenvalue weighted by molar-refractivity contribution is 0.361. The first kappa shape index (κ1) is 29.6. The van der Waals surface area contributed by atoms with Gasteiger partial charge in [0.15, 0.2) is 0 Å². The molecule has 2 aliphatic heterocycles. The third kappa shape index (κ3) is 6.77. The second kappa shape index (κ2) is 14.3. The maximum atomic E-state index is 2.92. The molecular formula is C41H43NP2. The third-order valence-corrected chi connectivity index (χ3v) is 16.6. The maximum absolute atomic E-state index is 2.92. The van der Waals surface area contributed by atoms with Gasteiger partial charge in [0.1, 0.15) is 0 Å². The van der Waals surface area contributed by atoms with Crippen LogP contribution in [0, 0.1) is 0 Å². The smallest absolute Gasteiger partial charge is 0.0241 e. The van der Waals surface area contributed by atoms with Gasteiger partial charge in [-0.1, -0.05) is 168 Å². The van der Waals surface area contributed by atoms with Gasteiger partial charge in [-0.2, -0.15) is 0 Å². The van der Waals surface area contributed by atoms with Gasteiger partial charge in [0.25, 0.3) is 0 Å². The van der Waals surface area contributed by atoms with E-state index in [2.05, 4.69) is 157 Å². The molecule has 0 amide bonds. The summed E-state index contributed by atoms with van der Waals surface area (Å²) in [5.74, 6) is 0. The number of hydrogen-bond acceptors (Lipinski definition) is 1. The number of rotatable bonds is 10. The molecule has 5 aromatic rings. The molecule has 2 heterocycles. The number of nitrogens with zero attached hydrogens (tertiary/aromatic N) is 1. The van der Waals surface area contributed by atoms with Gasteiger partial charge in [0, 0.05) is 41.8 Å². The van der Waals surface area contributed by atoms with Crippen molar-refractivity contribution < 1.29 is 0 Å². The Hall–Kier alpha value is -3.08. The van der Waals surface area contributed by atoms with Crippen LogP contribution < -0.4 is 0 Å². The number of benzene rings is 5. The molecule has 7 rings (SSSR count). The minimum absolute atomic E-state index is 0.281. The zero-order valence-electron chi connectivity index (χ0n) is 25.5. The summed E-state index contributed by atoms with van der Waals surface area (Å²) in [5.41, 5.74) is 10.2. The minimum Gasteiger partial charge on any atom is -0.291 e. The first-order chi connectivity index (χ1) is 21.8. The van der Waals surface area contributed by atoms with Gasteiger partial charge in [0.05, 0.1) is 0 Å². The Kier molecular flexibility index (Phi) is 9.66. The summed E-state index contributed by atoms with van der Waals surface area (Å²) >= 11 is 0. The molecule has 2 fully saturated rings. The molecule has 4 atom stereocenters. The molecule has 222 valence electrons. The van der Waals surface area contributed by atoms with Crippen molar-refractivity contribution in [3.63, 3.8) is 0 Å². The Morgan fingerprint density at radius 3 is 0.955 bits per heavy atom. The standard InChI is InChI=1S/C41H43NP2/c1-6-16-33(17-7-1)30-42(31-43-38(34-18-8-2-9-19-34)26-27-39(43)35-20-10-3-11-21-35)32-44-40(36-22-12-4-13-23-36)28-29-41(44)37-24-14-5-15-25-37/h1-25,38-41H,26-32H2/t38-,39-,40+,41+. The molecule has 2 saturated heterocycles. The molecule has 0 unspecified atom stereocenters. The average Bonchev–Trinajstić information content (AvgIpc) is 3.71. The highest BCUT2D eigenvalue weighted by molar-refractivity contribution is 7.59. The van der Waals surface area contributed by atoms with Gasteiger partial charge in [-0.05, 0) is 53.5 Å². The highest BCUT2D eigenvalue weighted by Crippen LogP contribution is 2.73. The summed E-state index contributed by atoms with van der Waals surface area (Å²) < 4.78 is 0. The normalized spacial score (nSPS) is 22.5. The van der Waals surface area contributed by atoms with E-state index in [1.165, 1.54) is 43.8 Å². The quantitative estimate of drug-likeness (QED) is 0.142. The SMILES string of the molecule is c1ccc(CN(CP2[C@@H](c3ccccc3)CC[C@@H]2c2ccccc2)CP2[C@H](c3ccccc3)CC[C@H]2c2ccccc2)cc1. The fourth-order valence-electron chi connectivity index (χ4n) is 7.70. The van der Waals surface area contributed by atoms with Crippen molar-refractivity contribution in [2.75, 3.05) is 12.6 Å². The van der Waals surface area contributed by atoms with Crippen molar-refractivity contribution >= 4 is 15.8 Å². The zero-order valence-corrected chi connectivity index (χ0v) is 27.3. The van der Waals surface area contributed by atoms with Crippen LogP contribution in [0.2, 0.25) is 0 Å². The lowest BCUT2D eigenvalue weighted by Gasteiger charge is -2.37. The van der Waals surface area contributed by atoms with Crippen molar-refractivity contribution in [2.45, 2.75) is 54.9 Å². The predicted molar refractivity (Wildman–Crippen MR) is 191 cm³/mol. The average molecular weight is 612 g/mol. The summed E-state index contributed by atoms with van der Waals surface area (Å²) in [6.07, 6.45) is 7.58. The van der Waals surface area contributed by atoms with Crippen LogP contribution in [0.25, 0.3) is 0 Å². The van der Waals surface area contributed by atoms with E-state index in [1.54, 1.807) is 22.3 Å². The number of hydrogen-bond donors (Lipinski definition) is 0. The van der Waals surface area contributed by atoms with Crippen molar-refractivity contribution in [1.82, 2.24) is 4.90 Å².